The van der Waals surface area contributed by atoms with Crippen molar-refractivity contribution < 1.29 is 0 Å². The van der Waals surface area contributed by atoms with E-state index in [1.165, 1.54) is 0 Å². The fourth-order valence-electron chi connectivity index (χ4n) is 0.526. The van der Waals surface area contributed by atoms with E-state index in [4.69, 9.17) is 17.3 Å². The van der Waals surface area contributed by atoms with Gasteiger partial charge in [0.15, 0.2) is 0 Å². The largest absolute Gasteiger partial charge is 0.279 e. The Hall–Kier alpha value is 0.530. The lowest BCUT2D eigenvalue weighted by atomic mass is 10.8. The minimum atomic E-state index is -1.86. The molecule has 0 fully saturated rings. The van der Waals surface area contributed by atoms with Crippen molar-refractivity contribution in [3.8, 4) is 0 Å². The van der Waals surface area contributed by atoms with Gasteiger partial charge >= 0.3 is 0 Å². The zero-order valence-electron chi connectivity index (χ0n) is 5.85. The monoisotopic (exact) mass is 167 g/mol. The van der Waals surface area contributed by atoms with Crippen molar-refractivity contribution in [2.24, 2.45) is 5.50 Å². The predicted octanol–water partition coefficient (Wildman–Crippen LogP) is 0.389. The van der Waals surface area contributed by atoms with Crippen LogP contribution in [0.4, 0.5) is 0 Å². The average Bonchev–Trinajstić information content (AvgIpc) is 1.64. The molecule has 3 nitrogen and oxygen atoms in total. The van der Waals surface area contributed by atoms with Gasteiger partial charge in [-0.1, -0.05) is 13.8 Å². The quantitative estimate of drug-likeness (QED) is 0.530. The summed E-state index contributed by atoms with van der Waals surface area (Å²) in [5, 5.41) is 6.03. The van der Waals surface area contributed by atoms with Gasteiger partial charge in [-0.05, 0) is 24.9 Å². The van der Waals surface area contributed by atoms with E-state index in [1.54, 1.807) is 0 Å². The Morgan fingerprint density at radius 3 is 1.89 bits per heavy atom. The topological polar surface area (TPSA) is 50.1 Å². The van der Waals surface area contributed by atoms with Gasteiger partial charge in [0.25, 0.3) is 0 Å². The molecule has 9 heavy (non-hydrogen) atoms. The van der Waals surface area contributed by atoms with Gasteiger partial charge in [0, 0.05) is 0 Å². The number of hydrogen-bond acceptors (Lipinski definition) is 1. The van der Waals surface area contributed by atoms with Crippen LogP contribution in [-0.4, -0.2) is 13.1 Å². The number of nitrogens with two attached hydrogens (primary N) is 1. The van der Waals surface area contributed by atoms with Gasteiger partial charge in [0.1, 0.15) is 6.49 Å². The first-order valence-electron chi connectivity index (χ1n) is 3.01. The van der Waals surface area contributed by atoms with Crippen LogP contribution in [0.25, 0.3) is 0 Å². The molecule has 0 bridgehead atoms. The maximum Gasteiger partial charge on any atom is 0.135 e. The molecule has 0 rings (SSSR count). The molecule has 0 aliphatic rings. The Kier molecular flexibility index (Phi) is 4.62. The predicted molar refractivity (Wildman–Crippen MR) is 45.8 cm³/mol. The molecular formula is C4H14N3PS. The van der Waals surface area contributed by atoms with Crippen LogP contribution >= 0.6 is 6.49 Å². The Bertz CT molecular complexity index is 106. The molecule has 0 aromatic rings. The Morgan fingerprint density at radius 2 is 1.67 bits per heavy atom. The fourth-order valence-corrected chi connectivity index (χ4v) is 2.35. The van der Waals surface area contributed by atoms with E-state index in [1.807, 2.05) is 13.8 Å². The molecule has 0 atom stereocenters. The van der Waals surface area contributed by atoms with E-state index in [-0.39, 0.29) is 0 Å². The van der Waals surface area contributed by atoms with Crippen molar-refractivity contribution in [3.63, 3.8) is 0 Å². The molecular weight excluding hydrogens is 153 g/mol. The first-order valence-corrected chi connectivity index (χ1v) is 5.88. The van der Waals surface area contributed by atoms with Crippen molar-refractivity contribution in [1.29, 1.82) is 0 Å². The number of rotatable bonds is 4. The van der Waals surface area contributed by atoms with E-state index in [9.17, 15) is 0 Å². The normalized spacial score (nSPS) is 11.9. The first kappa shape index (κ1) is 9.53. The van der Waals surface area contributed by atoms with Gasteiger partial charge in [0.2, 0.25) is 0 Å². The molecule has 0 aromatic carbocycles. The van der Waals surface area contributed by atoms with Crippen LogP contribution in [0, 0.1) is 0 Å². The van der Waals surface area contributed by atoms with Crippen LogP contribution < -0.4 is 15.7 Å². The maximum atomic E-state index is 5.64. The second kappa shape index (κ2) is 4.36. The van der Waals surface area contributed by atoms with Crippen molar-refractivity contribution in [3.05, 3.63) is 0 Å². The molecule has 4 N–H and O–H groups in total. The van der Waals surface area contributed by atoms with Crippen LogP contribution in [0.15, 0.2) is 0 Å². The van der Waals surface area contributed by atoms with Crippen molar-refractivity contribution in [1.82, 2.24) is 10.2 Å². The first-order chi connectivity index (χ1) is 4.12. The van der Waals surface area contributed by atoms with Crippen LogP contribution in [0.1, 0.15) is 13.8 Å². The third kappa shape index (κ3) is 5.00. The summed E-state index contributed by atoms with van der Waals surface area (Å²) < 4.78 is 0. The Morgan fingerprint density at radius 1 is 1.33 bits per heavy atom. The molecule has 0 heterocycles. The van der Waals surface area contributed by atoms with E-state index in [2.05, 4.69) is 10.2 Å². The molecule has 0 aliphatic heterocycles. The van der Waals surface area contributed by atoms with E-state index in [0.29, 0.717) is 0 Å². The second-order valence-corrected chi connectivity index (χ2v) is 5.36. The summed E-state index contributed by atoms with van der Waals surface area (Å²) >= 11 is 5.01. The minimum absolute atomic E-state index is 0.834. The van der Waals surface area contributed by atoms with Gasteiger partial charge < -0.3 is 0 Å². The minimum Gasteiger partial charge on any atom is -0.279 e. The van der Waals surface area contributed by atoms with Crippen molar-refractivity contribution in [2.45, 2.75) is 13.8 Å². The van der Waals surface area contributed by atoms with E-state index in [0.717, 1.165) is 13.1 Å². The van der Waals surface area contributed by atoms with Crippen molar-refractivity contribution >= 4 is 18.3 Å². The van der Waals surface area contributed by atoms with Crippen molar-refractivity contribution in [2.75, 3.05) is 13.1 Å². The third-order valence-electron chi connectivity index (χ3n) is 0.786. The van der Waals surface area contributed by atoms with Crippen LogP contribution in [0.2, 0.25) is 0 Å². The van der Waals surface area contributed by atoms with E-state index < -0.39 is 6.49 Å². The summed E-state index contributed by atoms with van der Waals surface area (Å²) in [7, 11) is 0. The molecule has 56 valence electrons. The molecule has 0 radical (unpaired) electrons. The van der Waals surface area contributed by atoms with Crippen LogP contribution in [-0.2, 0) is 11.8 Å². The second-order valence-electron chi connectivity index (χ2n) is 1.68. The average molecular weight is 167 g/mol. The summed E-state index contributed by atoms with van der Waals surface area (Å²) in [5.74, 6) is 0. The molecule has 0 amide bonds. The zero-order chi connectivity index (χ0) is 7.33. The summed E-state index contributed by atoms with van der Waals surface area (Å²) in [4.78, 5) is 0. The van der Waals surface area contributed by atoms with Gasteiger partial charge in [-0.3, -0.25) is 15.7 Å². The standard InChI is InChI=1S/C4H14N3PS/c1-3-6-8(5,9)7-4-2/h3-4H2,1-2H3,(H4,5,6,7,9). The van der Waals surface area contributed by atoms with Crippen LogP contribution in [0.5, 0.6) is 0 Å². The van der Waals surface area contributed by atoms with Gasteiger partial charge in [0.05, 0.1) is 0 Å². The molecule has 0 saturated heterocycles. The highest BCUT2D eigenvalue weighted by Gasteiger charge is 2.03. The maximum absolute atomic E-state index is 5.64. The highest BCUT2D eigenvalue weighted by atomic mass is 32.4. The lowest BCUT2D eigenvalue weighted by Gasteiger charge is -2.16. The lowest BCUT2D eigenvalue weighted by molar-refractivity contribution is 0.937. The summed E-state index contributed by atoms with van der Waals surface area (Å²) in [6, 6.07) is 0. The lowest BCUT2D eigenvalue weighted by Crippen LogP contribution is -2.26. The summed E-state index contributed by atoms with van der Waals surface area (Å²) in [6.07, 6.45) is 0. The fraction of sp³-hybridized carbons (Fsp3) is 1.00. The molecule has 0 unspecified atom stereocenters. The summed E-state index contributed by atoms with van der Waals surface area (Å²) in [5.41, 5.74) is 5.64. The molecule has 0 aliphatic carbocycles. The van der Waals surface area contributed by atoms with E-state index >= 15 is 0 Å². The smallest absolute Gasteiger partial charge is 0.135 e. The highest BCUT2D eigenvalue weighted by molar-refractivity contribution is 8.11. The molecule has 0 saturated carbocycles. The summed E-state index contributed by atoms with van der Waals surface area (Å²) in [6.45, 7) is 3.79. The molecule has 0 spiro atoms. The van der Waals surface area contributed by atoms with Gasteiger partial charge in [-0.25, -0.2) is 0 Å². The van der Waals surface area contributed by atoms with Gasteiger partial charge in [-0.2, -0.15) is 0 Å². The zero-order valence-corrected chi connectivity index (χ0v) is 7.56. The van der Waals surface area contributed by atoms with Crippen LogP contribution in [0.3, 0.4) is 0 Å². The number of hydrogen-bond donors (Lipinski definition) is 3. The molecule has 0 aromatic heterocycles. The Labute approximate surface area is 61.6 Å². The highest BCUT2D eigenvalue weighted by Crippen LogP contribution is 2.22. The third-order valence-corrected chi connectivity index (χ3v) is 3.13. The number of nitrogens with one attached hydrogen (secondary N) is 2. The molecule has 5 heteroatoms. The Balaban J connectivity index is 3.58. The van der Waals surface area contributed by atoms with Gasteiger partial charge in [-0.15, -0.1) is 0 Å². The SMILES string of the molecule is CCNP(N)(=S)NCC.